The van der Waals surface area contributed by atoms with Crippen molar-refractivity contribution in [1.29, 1.82) is 0 Å². The number of amides is 3. The van der Waals surface area contributed by atoms with Crippen molar-refractivity contribution >= 4 is 51.6 Å². The maximum absolute atomic E-state index is 15.2. The van der Waals surface area contributed by atoms with E-state index in [-0.39, 0.29) is 48.0 Å². The molecule has 3 heterocycles. The number of carbonyl (C=O) groups is 3. The molecule has 3 fully saturated rings. The molecule has 3 aromatic rings. The van der Waals surface area contributed by atoms with Crippen LogP contribution in [0.15, 0.2) is 98.1 Å². The van der Waals surface area contributed by atoms with Gasteiger partial charge in [-0.25, -0.2) is 0 Å². The standard InChI is InChI=1S/C39H45N3O4S/c1-6-20-40(29-16-10-9-11-17-29)36(44)33-32-22-26(5)39(47-32)34(33)37(45)42(31(24-43)25(4)8-3)35(39)38(46)41(21-7-2)30-19-18-27-14-12-13-15-28(27)23-30/h6-7,9-19,23,25-26,31-35,43H,1-2,8,20-22,24H2,3-5H3/t25-,26?,31-,32+,33-,34-,35?,39?/m0/s1. The van der Waals surface area contributed by atoms with E-state index in [0.29, 0.717) is 6.54 Å². The Kier molecular flexibility index (Phi) is 9.36. The zero-order chi connectivity index (χ0) is 33.5. The molecule has 8 heteroatoms. The normalized spacial score (nSPS) is 27.4. The summed E-state index contributed by atoms with van der Waals surface area (Å²) in [4.78, 5) is 50.0. The Morgan fingerprint density at radius 1 is 0.979 bits per heavy atom. The van der Waals surface area contributed by atoms with Gasteiger partial charge in [0.25, 0.3) is 5.91 Å². The average Bonchev–Trinajstić information content (AvgIpc) is 3.69. The number of thioether (sulfide) groups is 1. The number of aliphatic hydroxyl groups is 1. The number of aliphatic hydroxyl groups excluding tert-OH is 1. The number of nitrogens with zero attached hydrogens (tertiary/aromatic N) is 3. The molecule has 47 heavy (non-hydrogen) atoms. The van der Waals surface area contributed by atoms with E-state index in [1.165, 1.54) is 0 Å². The molecule has 3 aliphatic rings. The number of fused-ring (bicyclic) bond motifs is 2. The van der Waals surface area contributed by atoms with Crippen molar-refractivity contribution in [3.63, 3.8) is 0 Å². The van der Waals surface area contributed by atoms with Gasteiger partial charge < -0.3 is 19.8 Å². The smallest absolute Gasteiger partial charge is 0.251 e. The van der Waals surface area contributed by atoms with E-state index in [1.54, 1.807) is 38.6 Å². The number of benzene rings is 3. The van der Waals surface area contributed by atoms with Gasteiger partial charge in [-0.15, -0.1) is 24.9 Å². The first-order valence-electron chi connectivity index (χ1n) is 16.7. The van der Waals surface area contributed by atoms with Gasteiger partial charge in [0, 0.05) is 29.7 Å². The monoisotopic (exact) mass is 651 g/mol. The molecule has 3 saturated heterocycles. The fourth-order valence-electron chi connectivity index (χ4n) is 8.38. The average molecular weight is 652 g/mol. The van der Waals surface area contributed by atoms with Crippen LogP contribution >= 0.6 is 11.8 Å². The fraction of sp³-hybridized carbons (Fsp3) is 0.410. The van der Waals surface area contributed by atoms with Crippen molar-refractivity contribution in [2.45, 2.75) is 55.7 Å². The van der Waals surface area contributed by atoms with Gasteiger partial charge in [0.2, 0.25) is 11.8 Å². The van der Waals surface area contributed by atoms with Gasteiger partial charge in [0.1, 0.15) is 6.04 Å². The zero-order valence-corrected chi connectivity index (χ0v) is 28.3. The second-order valence-corrected chi connectivity index (χ2v) is 14.8. The Morgan fingerprint density at radius 3 is 2.26 bits per heavy atom. The van der Waals surface area contributed by atoms with Crippen LogP contribution in [0.3, 0.4) is 0 Å². The number of carbonyl (C=O) groups excluding carboxylic acids is 3. The summed E-state index contributed by atoms with van der Waals surface area (Å²) in [7, 11) is 0. The topological polar surface area (TPSA) is 81.2 Å². The highest BCUT2D eigenvalue weighted by Gasteiger charge is 2.77. The first kappa shape index (κ1) is 33.0. The lowest BCUT2D eigenvalue weighted by Crippen LogP contribution is -2.60. The number of hydrogen-bond donors (Lipinski definition) is 1. The second-order valence-electron chi connectivity index (χ2n) is 13.3. The van der Waals surface area contributed by atoms with Crippen LogP contribution < -0.4 is 9.80 Å². The summed E-state index contributed by atoms with van der Waals surface area (Å²) in [6.07, 6.45) is 4.87. The molecule has 3 aromatic carbocycles. The summed E-state index contributed by atoms with van der Waals surface area (Å²) >= 11 is 1.66. The minimum absolute atomic E-state index is 0.00232. The predicted molar refractivity (Wildman–Crippen MR) is 191 cm³/mol. The molecule has 0 saturated carbocycles. The number of rotatable bonds is 12. The Hall–Kier alpha value is -3.88. The third-order valence-electron chi connectivity index (χ3n) is 10.8. The van der Waals surface area contributed by atoms with Crippen molar-refractivity contribution in [3.8, 4) is 0 Å². The minimum Gasteiger partial charge on any atom is -0.394 e. The van der Waals surface area contributed by atoms with Crippen molar-refractivity contribution in [2.24, 2.45) is 23.7 Å². The molecule has 1 spiro atoms. The maximum atomic E-state index is 15.2. The molecular weight excluding hydrogens is 607 g/mol. The Labute approximate surface area is 282 Å². The van der Waals surface area contributed by atoms with Gasteiger partial charge in [0.05, 0.1) is 29.2 Å². The summed E-state index contributed by atoms with van der Waals surface area (Å²) in [5.41, 5.74) is 1.48. The van der Waals surface area contributed by atoms with Crippen molar-refractivity contribution in [3.05, 3.63) is 98.1 Å². The largest absolute Gasteiger partial charge is 0.394 e. The van der Waals surface area contributed by atoms with Crippen molar-refractivity contribution in [2.75, 3.05) is 29.5 Å². The van der Waals surface area contributed by atoms with E-state index in [1.807, 2.05) is 86.6 Å². The third kappa shape index (κ3) is 5.30. The van der Waals surface area contributed by atoms with Gasteiger partial charge in [-0.3, -0.25) is 14.4 Å². The van der Waals surface area contributed by atoms with Crippen LogP contribution in [-0.2, 0) is 14.4 Å². The summed E-state index contributed by atoms with van der Waals surface area (Å²) in [5, 5.41) is 12.8. The molecule has 3 unspecified atom stereocenters. The quantitative estimate of drug-likeness (QED) is 0.232. The van der Waals surface area contributed by atoms with Crippen LogP contribution in [0, 0.1) is 23.7 Å². The van der Waals surface area contributed by atoms with Crippen LogP contribution in [0.5, 0.6) is 0 Å². The highest BCUT2D eigenvalue weighted by Crippen LogP contribution is 2.69. The molecule has 0 aromatic heterocycles. The first-order valence-corrected chi connectivity index (χ1v) is 17.6. The summed E-state index contributed by atoms with van der Waals surface area (Å²) in [6.45, 7) is 14.4. The van der Waals surface area contributed by atoms with Gasteiger partial charge in [-0.05, 0) is 53.3 Å². The van der Waals surface area contributed by atoms with E-state index < -0.39 is 28.7 Å². The molecule has 3 aliphatic heterocycles. The molecule has 0 aliphatic carbocycles. The molecule has 7 nitrogen and oxygen atoms in total. The van der Waals surface area contributed by atoms with Gasteiger partial charge in [-0.1, -0.05) is 87.9 Å². The lowest BCUT2D eigenvalue weighted by Gasteiger charge is -2.43. The predicted octanol–water partition coefficient (Wildman–Crippen LogP) is 6.32. The summed E-state index contributed by atoms with van der Waals surface area (Å²) in [5.74, 6) is -1.87. The summed E-state index contributed by atoms with van der Waals surface area (Å²) in [6, 6.07) is 22.1. The maximum Gasteiger partial charge on any atom is 0.251 e. The lowest BCUT2D eigenvalue weighted by molar-refractivity contribution is -0.143. The van der Waals surface area contributed by atoms with E-state index >= 15 is 4.79 Å². The van der Waals surface area contributed by atoms with Crippen LogP contribution in [0.1, 0.15) is 33.6 Å². The minimum atomic E-state index is -0.857. The van der Waals surface area contributed by atoms with E-state index in [9.17, 15) is 14.7 Å². The molecule has 8 atom stereocenters. The number of hydrogen-bond acceptors (Lipinski definition) is 5. The van der Waals surface area contributed by atoms with Crippen molar-refractivity contribution < 1.29 is 19.5 Å². The van der Waals surface area contributed by atoms with E-state index in [0.717, 1.165) is 35.0 Å². The van der Waals surface area contributed by atoms with E-state index in [2.05, 4.69) is 20.1 Å². The molecule has 1 N–H and O–H groups in total. The van der Waals surface area contributed by atoms with Crippen LogP contribution in [-0.4, -0.2) is 69.5 Å². The fourth-order valence-corrected chi connectivity index (χ4v) is 10.8. The number of likely N-dealkylation sites (tertiary alicyclic amines) is 1. The van der Waals surface area contributed by atoms with Crippen molar-refractivity contribution in [1.82, 2.24) is 4.90 Å². The number of anilines is 2. The Balaban J connectivity index is 1.48. The van der Waals surface area contributed by atoms with Crippen LogP contribution in [0.25, 0.3) is 10.8 Å². The highest BCUT2D eigenvalue weighted by atomic mass is 32.2. The summed E-state index contributed by atoms with van der Waals surface area (Å²) < 4.78 is -0.827. The molecule has 2 bridgehead atoms. The first-order chi connectivity index (χ1) is 22.7. The van der Waals surface area contributed by atoms with Gasteiger partial charge in [0.15, 0.2) is 0 Å². The lowest BCUT2D eigenvalue weighted by atomic mass is 9.65. The molecular formula is C39H45N3O4S. The molecule has 3 amide bonds. The Bertz CT molecular complexity index is 1680. The molecule has 246 valence electrons. The van der Waals surface area contributed by atoms with Gasteiger partial charge >= 0.3 is 0 Å². The van der Waals surface area contributed by atoms with Gasteiger partial charge in [-0.2, -0.15) is 0 Å². The third-order valence-corrected chi connectivity index (χ3v) is 12.9. The second kappa shape index (κ2) is 13.3. The zero-order valence-electron chi connectivity index (χ0n) is 27.5. The molecule has 6 rings (SSSR count). The number of para-hydroxylation sites is 1. The van der Waals surface area contributed by atoms with E-state index in [4.69, 9.17) is 0 Å². The Morgan fingerprint density at radius 2 is 1.62 bits per heavy atom. The van der Waals surface area contributed by atoms with Crippen LogP contribution in [0.2, 0.25) is 0 Å². The van der Waals surface area contributed by atoms with Crippen LogP contribution in [0.4, 0.5) is 11.4 Å². The molecule has 0 radical (unpaired) electrons. The SMILES string of the molecule is C=CCN(C(=O)C1N([C@@H](CO)[C@@H](C)CC)C(=O)[C@@H]2[C@@H](C(=O)N(CC=C)c3ccccc3)[C@H]3CC(C)C12S3)c1ccc2ccccc2c1. The highest BCUT2D eigenvalue weighted by molar-refractivity contribution is 8.02.